The zero-order chi connectivity index (χ0) is 13.7. The molecule has 4 fully saturated rings. The van der Waals surface area contributed by atoms with Gasteiger partial charge < -0.3 is 9.88 Å². The quantitative estimate of drug-likeness (QED) is 0.918. The van der Waals surface area contributed by atoms with Crippen molar-refractivity contribution in [3.8, 4) is 0 Å². The van der Waals surface area contributed by atoms with Crippen LogP contribution in [0.3, 0.4) is 0 Å². The van der Waals surface area contributed by atoms with Crippen molar-refractivity contribution in [1.82, 2.24) is 20.1 Å². The Morgan fingerprint density at radius 1 is 1.25 bits per heavy atom. The summed E-state index contributed by atoms with van der Waals surface area (Å²) in [5.41, 5.74) is 0.599. The molecule has 1 N–H and O–H groups in total. The first-order valence-electron chi connectivity index (χ1n) is 8.21. The second kappa shape index (κ2) is 4.55. The fraction of sp³-hybridized carbons (Fsp3) is 0.875. The summed E-state index contributed by atoms with van der Waals surface area (Å²) in [4.78, 5) is 0. The molecule has 4 nitrogen and oxygen atoms in total. The fourth-order valence-corrected chi connectivity index (χ4v) is 5.65. The van der Waals surface area contributed by atoms with E-state index in [9.17, 15) is 0 Å². The van der Waals surface area contributed by atoms with Crippen LogP contribution < -0.4 is 5.32 Å². The molecule has 1 aromatic heterocycles. The standard InChI is InChI=1S/C16H26N4/c1-11(15-19-18-10-20(15)2)17-9-16-6-12-3-13(7-16)5-14(4-12)8-16/h10-14,17H,3-9H2,1-2H3. The number of hydrogen-bond acceptors (Lipinski definition) is 3. The molecular weight excluding hydrogens is 248 g/mol. The lowest BCUT2D eigenvalue weighted by molar-refractivity contribution is -0.0524. The van der Waals surface area contributed by atoms with E-state index in [1.807, 2.05) is 11.6 Å². The monoisotopic (exact) mass is 274 g/mol. The minimum atomic E-state index is 0.301. The maximum Gasteiger partial charge on any atom is 0.149 e. The van der Waals surface area contributed by atoms with Crippen LogP contribution in [-0.4, -0.2) is 21.3 Å². The van der Waals surface area contributed by atoms with E-state index >= 15 is 0 Å². The largest absolute Gasteiger partial charge is 0.319 e. The van der Waals surface area contributed by atoms with Crippen molar-refractivity contribution in [1.29, 1.82) is 0 Å². The van der Waals surface area contributed by atoms with Crippen molar-refractivity contribution < 1.29 is 0 Å². The van der Waals surface area contributed by atoms with Crippen LogP contribution in [0.15, 0.2) is 6.33 Å². The third-order valence-corrected chi connectivity index (χ3v) is 6.08. The minimum absolute atomic E-state index is 0.301. The van der Waals surface area contributed by atoms with Crippen molar-refractivity contribution in [2.24, 2.45) is 30.2 Å². The number of nitrogens with one attached hydrogen (secondary N) is 1. The predicted octanol–water partition coefficient (Wildman–Crippen LogP) is 2.68. The first-order chi connectivity index (χ1) is 9.63. The van der Waals surface area contributed by atoms with E-state index in [-0.39, 0.29) is 0 Å². The van der Waals surface area contributed by atoms with Crippen LogP contribution in [0.2, 0.25) is 0 Å². The van der Waals surface area contributed by atoms with Gasteiger partial charge in [-0.1, -0.05) is 0 Å². The number of aromatic nitrogens is 3. The van der Waals surface area contributed by atoms with Gasteiger partial charge in [-0.05, 0) is 68.6 Å². The van der Waals surface area contributed by atoms with E-state index in [2.05, 4.69) is 22.4 Å². The van der Waals surface area contributed by atoms with Crippen LogP contribution in [0.25, 0.3) is 0 Å². The molecule has 20 heavy (non-hydrogen) atoms. The zero-order valence-electron chi connectivity index (χ0n) is 12.7. The Kier molecular flexibility index (Phi) is 2.92. The Balaban J connectivity index is 1.43. The number of nitrogens with zero attached hydrogens (tertiary/aromatic N) is 3. The van der Waals surface area contributed by atoms with Crippen molar-refractivity contribution in [2.45, 2.75) is 51.5 Å². The summed E-state index contributed by atoms with van der Waals surface area (Å²) in [5.74, 6) is 4.16. The van der Waals surface area contributed by atoms with Gasteiger partial charge in [0, 0.05) is 13.6 Å². The van der Waals surface area contributed by atoms with Crippen molar-refractivity contribution in [2.75, 3.05) is 6.54 Å². The van der Waals surface area contributed by atoms with Gasteiger partial charge in [-0.15, -0.1) is 10.2 Å². The van der Waals surface area contributed by atoms with Crippen LogP contribution in [-0.2, 0) is 7.05 Å². The minimum Gasteiger partial charge on any atom is -0.319 e. The lowest BCUT2D eigenvalue weighted by Gasteiger charge is -2.57. The molecule has 0 aromatic carbocycles. The highest BCUT2D eigenvalue weighted by Crippen LogP contribution is 2.59. The van der Waals surface area contributed by atoms with Crippen molar-refractivity contribution in [3.05, 3.63) is 12.2 Å². The van der Waals surface area contributed by atoms with Crippen LogP contribution in [0.4, 0.5) is 0 Å². The second-order valence-electron chi connectivity index (χ2n) is 7.82. The van der Waals surface area contributed by atoms with Gasteiger partial charge >= 0.3 is 0 Å². The highest BCUT2D eigenvalue weighted by Gasteiger charge is 2.50. The fourth-order valence-electron chi connectivity index (χ4n) is 5.65. The molecule has 0 spiro atoms. The van der Waals surface area contributed by atoms with Gasteiger partial charge in [0.15, 0.2) is 0 Å². The Morgan fingerprint density at radius 2 is 1.85 bits per heavy atom. The van der Waals surface area contributed by atoms with Crippen molar-refractivity contribution in [3.63, 3.8) is 0 Å². The molecule has 1 heterocycles. The van der Waals surface area contributed by atoms with Crippen LogP contribution in [0.1, 0.15) is 57.3 Å². The molecule has 1 atom stereocenters. The molecule has 4 bridgehead atoms. The third kappa shape index (κ3) is 2.09. The maximum absolute atomic E-state index is 4.23. The lowest BCUT2D eigenvalue weighted by atomic mass is 9.49. The van der Waals surface area contributed by atoms with Gasteiger partial charge in [-0.25, -0.2) is 0 Å². The van der Waals surface area contributed by atoms with E-state index in [4.69, 9.17) is 0 Å². The van der Waals surface area contributed by atoms with Crippen molar-refractivity contribution >= 4 is 0 Å². The first kappa shape index (κ1) is 12.8. The van der Waals surface area contributed by atoms with E-state index in [0.29, 0.717) is 11.5 Å². The van der Waals surface area contributed by atoms with Gasteiger partial charge in [0.1, 0.15) is 12.2 Å². The Bertz CT molecular complexity index is 457. The molecule has 0 saturated heterocycles. The van der Waals surface area contributed by atoms with Gasteiger partial charge in [-0.3, -0.25) is 0 Å². The lowest BCUT2D eigenvalue weighted by Crippen LogP contribution is -2.50. The maximum atomic E-state index is 4.23. The number of rotatable bonds is 4. The predicted molar refractivity (Wildman–Crippen MR) is 78.0 cm³/mol. The molecule has 110 valence electrons. The highest BCUT2D eigenvalue weighted by molar-refractivity contribution is 5.03. The average Bonchev–Trinajstić information content (AvgIpc) is 2.81. The molecule has 0 aliphatic heterocycles. The molecule has 0 radical (unpaired) electrons. The van der Waals surface area contributed by atoms with E-state index in [1.54, 1.807) is 6.33 Å². The van der Waals surface area contributed by atoms with E-state index in [0.717, 1.165) is 23.6 Å². The van der Waals surface area contributed by atoms with E-state index < -0.39 is 0 Å². The van der Waals surface area contributed by atoms with Crippen LogP contribution in [0, 0.1) is 23.2 Å². The van der Waals surface area contributed by atoms with Crippen LogP contribution >= 0.6 is 0 Å². The van der Waals surface area contributed by atoms with Gasteiger partial charge in [-0.2, -0.15) is 0 Å². The van der Waals surface area contributed by atoms with Gasteiger partial charge in [0.05, 0.1) is 6.04 Å². The summed E-state index contributed by atoms with van der Waals surface area (Å²) in [5, 5.41) is 12.0. The molecule has 4 aliphatic rings. The number of hydrogen-bond donors (Lipinski definition) is 1. The van der Waals surface area contributed by atoms with Gasteiger partial charge in [0.25, 0.3) is 0 Å². The molecule has 4 heteroatoms. The Hall–Kier alpha value is -0.900. The normalized spacial score (nSPS) is 40.2. The Labute approximate surface area is 121 Å². The number of aryl methyl sites for hydroxylation is 1. The summed E-state index contributed by atoms with van der Waals surface area (Å²) in [6, 6.07) is 0.301. The molecule has 0 amide bonds. The first-order valence-corrected chi connectivity index (χ1v) is 8.21. The Morgan fingerprint density at radius 3 is 2.35 bits per heavy atom. The van der Waals surface area contributed by atoms with Gasteiger partial charge in [0.2, 0.25) is 0 Å². The topological polar surface area (TPSA) is 42.7 Å². The summed E-state index contributed by atoms with van der Waals surface area (Å²) in [6.45, 7) is 3.38. The summed E-state index contributed by atoms with van der Waals surface area (Å²) >= 11 is 0. The molecule has 1 unspecified atom stereocenters. The summed E-state index contributed by atoms with van der Waals surface area (Å²) in [7, 11) is 2.03. The highest BCUT2D eigenvalue weighted by atomic mass is 15.3. The molecular formula is C16H26N4. The van der Waals surface area contributed by atoms with Crippen LogP contribution in [0.5, 0.6) is 0 Å². The average molecular weight is 274 g/mol. The zero-order valence-corrected chi connectivity index (χ0v) is 12.7. The molecule has 1 aromatic rings. The molecule has 5 rings (SSSR count). The summed E-state index contributed by atoms with van der Waals surface area (Å²) < 4.78 is 2.03. The smallest absolute Gasteiger partial charge is 0.149 e. The molecule has 4 aliphatic carbocycles. The third-order valence-electron chi connectivity index (χ3n) is 6.08. The SMILES string of the molecule is CC(NCC12CC3CC(CC(C3)C1)C2)c1nncn1C. The summed E-state index contributed by atoms with van der Waals surface area (Å²) in [6.07, 6.45) is 10.8. The second-order valence-corrected chi connectivity index (χ2v) is 7.82. The molecule has 4 saturated carbocycles. The van der Waals surface area contributed by atoms with E-state index in [1.165, 1.54) is 45.1 Å².